The molecular weight excluding hydrogens is 228 g/mol. The Morgan fingerprint density at radius 1 is 1.39 bits per heavy atom. The molecule has 0 spiro atoms. The molecule has 0 saturated heterocycles. The smallest absolute Gasteiger partial charge is 0.0593 e. The van der Waals surface area contributed by atoms with Gasteiger partial charge in [0.15, 0.2) is 0 Å². The lowest BCUT2D eigenvalue weighted by molar-refractivity contribution is 0.119. The zero-order valence-corrected chi connectivity index (χ0v) is 12.0. The van der Waals surface area contributed by atoms with Crippen molar-refractivity contribution < 1.29 is 4.74 Å². The fourth-order valence-electron chi connectivity index (χ4n) is 1.48. The molecule has 1 aromatic rings. The van der Waals surface area contributed by atoms with E-state index in [1.54, 1.807) is 0 Å². The summed E-state index contributed by atoms with van der Waals surface area (Å²) >= 11 is 0. The Bertz CT molecular complexity index is 323. The lowest BCUT2D eigenvalue weighted by Gasteiger charge is -2.10. The molecule has 5 heteroatoms. The monoisotopic (exact) mass is 254 g/mol. The van der Waals surface area contributed by atoms with Crippen LogP contribution in [-0.2, 0) is 11.3 Å². The van der Waals surface area contributed by atoms with Crippen LogP contribution in [0, 0.1) is 0 Å². The average Bonchev–Trinajstić information content (AvgIpc) is 2.76. The molecule has 0 amide bonds. The summed E-state index contributed by atoms with van der Waals surface area (Å²) in [4.78, 5) is 2.12. The number of hydrogen-bond donors (Lipinski definition) is 1. The Morgan fingerprint density at radius 3 is 2.78 bits per heavy atom. The number of nitrogens with one attached hydrogen (secondary N) is 1. The molecular formula is C13H26N4O. The van der Waals surface area contributed by atoms with Gasteiger partial charge >= 0.3 is 0 Å². The maximum absolute atomic E-state index is 5.50. The third-order valence-electron chi connectivity index (χ3n) is 2.62. The predicted molar refractivity (Wildman–Crippen MR) is 73.7 cm³/mol. The summed E-state index contributed by atoms with van der Waals surface area (Å²) in [5.41, 5.74) is 1.22. The number of rotatable bonds is 9. The highest BCUT2D eigenvalue weighted by Crippen LogP contribution is 2.04. The lowest BCUT2D eigenvalue weighted by Crippen LogP contribution is -2.22. The Balaban J connectivity index is 2.03. The number of nitrogens with zero attached hydrogens (tertiary/aromatic N) is 3. The van der Waals surface area contributed by atoms with Gasteiger partial charge in [-0.3, -0.25) is 4.68 Å². The van der Waals surface area contributed by atoms with E-state index in [4.69, 9.17) is 4.74 Å². The molecule has 1 N–H and O–H groups in total. The van der Waals surface area contributed by atoms with Crippen LogP contribution in [0.5, 0.6) is 0 Å². The van der Waals surface area contributed by atoms with E-state index in [0.29, 0.717) is 6.04 Å². The molecule has 0 aliphatic heterocycles. The quantitative estimate of drug-likeness (QED) is 0.671. The Labute approximate surface area is 110 Å². The Hall–Kier alpha value is -0.910. The fraction of sp³-hybridized carbons (Fsp3) is 0.769. The van der Waals surface area contributed by atoms with Gasteiger partial charge in [0.05, 0.1) is 19.4 Å². The molecule has 0 fully saturated rings. The molecule has 1 heterocycles. The van der Waals surface area contributed by atoms with E-state index >= 15 is 0 Å². The maximum atomic E-state index is 5.50. The van der Waals surface area contributed by atoms with Crippen LogP contribution in [0.4, 0.5) is 0 Å². The van der Waals surface area contributed by atoms with Gasteiger partial charge < -0.3 is 15.0 Å². The largest absolute Gasteiger partial charge is 0.379 e. The third-order valence-corrected chi connectivity index (χ3v) is 2.62. The first-order valence-electron chi connectivity index (χ1n) is 6.56. The highest BCUT2D eigenvalue weighted by Gasteiger charge is 2.00. The molecule has 0 atom stereocenters. The van der Waals surface area contributed by atoms with Gasteiger partial charge in [-0.1, -0.05) is 0 Å². The van der Waals surface area contributed by atoms with Crippen molar-refractivity contribution in [3.8, 4) is 0 Å². The molecule has 0 radical (unpaired) electrons. The SMILES string of the molecule is CC(C)n1cc(CNCCOCCN(C)C)cn1. The van der Waals surface area contributed by atoms with E-state index in [2.05, 4.69) is 35.4 Å². The lowest BCUT2D eigenvalue weighted by atomic mass is 10.3. The van der Waals surface area contributed by atoms with Crippen molar-refractivity contribution in [2.45, 2.75) is 26.4 Å². The van der Waals surface area contributed by atoms with Crippen molar-refractivity contribution in [1.82, 2.24) is 20.0 Å². The predicted octanol–water partition coefficient (Wildman–Crippen LogP) is 1.13. The van der Waals surface area contributed by atoms with Crippen LogP contribution in [-0.4, -0.2) is 55.1 Å². The van der Waals surface area contributed by atoms with Crippen LogP contribution in [0.2, 0.25) is 0 Å². The number of likely N-dealkylation sites (N-methyl/N-ethyl adjacent to an activating group) is 1. The summed E-state index contributed by atoms with van der Waals surface area (Å²) in [6.45, 7) is 8.50. The summed E-state index contributed by atoms with van der Waals surface area (Å²) in [7, 11) is 4.10. The van der Waals surface area contributed by atoms with Crippen molar-refractivity contribution in [3.05, 3.63) is 18.0 Å². The van der Waals surface area contributed by atoms with Crippen molar-refractivity contribution in [3.63, 3.8) is 0 Å². The Kier molecular flexibility index (Phi) is 6.93. The second kappa shape index (κ2) is 8.24. The minimum absolute atomic E-state index is 0.424. The molecule has 0 unspecified atom stereocenters. The van der Waals surface area contributed by atoms with Crippen LogP contribution >= 0.6 is 0 Å². The standard InChI is InChI=1S/C13H26N4O/c1-12(2)17-11-13(10-15-17)9-14-5-7-18-8-6-16(3)4/h10-12,14H,5-9H2,1-4H3. The normalized spacial score (nSPS) is 11.7. The van der Waals surface area contributed by atoms with Gasteiger partial charge in [-0.05, 0) is 27.9 Å². The van der Waals surface area contributed by atoms with Gasteiger partial charge in [0, 0.05) is 37.4 Å². The first-order valence-corrected chi connectivity index (χ1v) is 6.56. The van der Waals surface area contributed by atoms with Crippen molar-refractivity contribution >= 4 is 0 Å². The molecule has 0 saturated carbocycles. The molecule has 0 aliphatic carbocycles. The summed E-state index contributed by atoms with van der Waals surface area (Å²) in [5.74, 6) is 0. The first kappa shape index (κ1) is 15.1. The van der Waals surface area contributed by atoms with Gasteiger partial charge in [-0.2, -0.15) is 5.10 Å². The van der Waals surface area contributed by atoms with E-state index in [1.807, 2.05) is 25.0 Å². The minimum Gasteiger partial charge on any atom is -0.379 e. The zero-order valence-electron chi connectivity index (χ0n) is 12.0. The molecule has 18 heavy (non-hydrogen) atoms. The second-order valence-corrected chi connectivity index (χ2v) is 5.01. The second-order valence-electron chi connectivity index (χ2n) is 5.01. The number of hydrogen-bond acceptors (Lipinski definition) is 4. The van der Waals surface area contributed by atoms with Gasteiger partial charge in [0.1, 0.15) is 0 Å². The van der Waals surface area contributed by atoms with Crippen LogP contribution in [0.3, 0.4) is 0 Å². The zero-order chi connectivity index (χ0) is 13.4. The van der Waals surface area contributed by atoms with Crippen molar-refractivity contribution in [2.75, 3.05) is 40.4 Å². The number of aromatic nitrogens is 2. The number of ether oxygens (including phenoxy) is 1. The summed E-state index contributed by atoms with van der Waals surface area (Å²) < 4.78 is 7.48. The van der Waals surface area contributed by atoms with E-state index in [9.17, 15) is 0 Å². The molecule has 1 aromatic heterocycles. The maximum Gasteiger partial charge on any atom is 0.0593 e. The van der Waals surface area contributed by atoms with E-state index in [-0.39, 0.29) is 0 Å². The van der Waals surface area contributed by atoms with Crippen LogP contribution in [0.25, 0.3) is 0 Å². The van der Waals surface area contributed by atoms with Crippen LogP contribution in [0.15, 0.2) is 12.4 Å². The third kappa shape index (κ3) is 6.14. The summed E-state index contributed by atoms with van der Waals surface area (Å²) in [5, 5.41) is 7.65. The van der Waals surface area contributed by atoms with E-state index in [1.165, 1.54) is 5.56 Å². The van der Waals surface area contributed by atoms with E-state index < -0.39 is 0 Å². The van der Waals surface area contributed by atoms with Crippen LogP contribution in [0.1, 0.15) is 25.5 Å². The van der Waals surface area contributed by atoms with Crippen LogP contribution < -0.4 is 5.32 Å². The van der Waals surface area contributed by atoms with Gasteiger partial charge in [0.25, 0.3) is 0 Å². The van der Waals surface area contributed by atoms with Gasteiger partial charge in [-0.15, -0.1) is 0 Å². The fourth-order valence-corrected chi connectivity index (χ4v) is 1.48. The van der Waals surface area contributed by atoms with Gasteiger partial charge in [-0.25, -0.2) is 0 Å². The Morgan fingerprint density at radius 2 is 2.17 bits per heavy atom. The van der Waals surface area contributed by atoms with Crippen molar-refractivity contribution in [2.24, 2.45) is 0 Å². The summed E-state index contributed by atoms with van der Waals surface area (Å²) in [6.07, 6.45) is 4.00. The highest BCUT2D eigenvalue weighted by atomic mass is 16.5. The average molecular weight is 254 g/mol. The molecule has 0 aromatic carbocycles. The minimum atomic E-state index is 0.424. The highest BCUT2D eigenvalue weighted by molar-refractivity contribution is 5.03. The molecule has 104 valence electrons. The van der Waals surface area contributed by atoms with E-state index in [0.717, 1.165) is 32.8 Å². The first-order chi connectivity index (χ1) is 8.59. The molecule has 1 rings (SSSR count). The topological polar surface area (TPSA) is 42.3 Å². The molecule has 5 nitrogen and oxygen atoms in total. The molecule has 0 bridgehead atoms. The van der Waals surface area contributed by atoms with Gasteiger partial charge in [0.2, 0.25) is 0 Å². The van der Waals surface area contributed by atoms with Crippen molar-refractivity contribution in [1.29, 1.82) is 0 Å². The summed E-state index contributed by atoms with van der Waals surface area (Å²) in [6, 6.07) is 0.424. The molecule has 0 aliphatic rings.